The molecule has 2 aromatic rings. The Hall–Kier alpha value is -2.87. The molecule has 0 spiro atoms. The molecule has 3 rings (SSSR count). The number of benzene rings is 1. The second-order valence-electron chi connectivity index (χ2n) is 6.07. The monoisotopic (exact) mass is 356 g/mol. The summed E-state index contributed by atoms with van der Waals surface area (Å²) in [5.41, 5.74) is 5.12. The maximum atomic E-state index is 5.48. The zero-order chi connectivity index (χ0) is 18.5. The summed E-state index contributed by atoms with van der Waals surface area (Å²) in [6, 6.07) is 6.04. The van der Waals surface area contributed by atoms with Crippen LogP contribution < -0.4 is 10.3 Å². The predicted molar refractivity (Wildman–Crippen MR) is 99.2 cm³/mol. The number of nitrogens with zero attached hydrogens (tertiary/aromatic N) is 5. The van der Waals surface area contributed by atoms with Gasteiger partial charge in [0.1, 0.15) is 5.75 Å². The molecule has 0 fully saturated rings. The van der Waals surface area contributed by atoms with E-state index < -0.39 is 0 Å². The van der Waals surface area contributed by atoms with Crippen LogP contribution in [0.1, 0.15) is 35.7 Å². The molecule has 8 nitrogen and oxygen atoms in total. The van der Waals surface area contributed by atoms with Crippen molar-refractivity contribution in [3.05, 3.63) is 47.2 Å². The van der Waals surface area contributed by atoms with E-state index in [9.17, 15) is 0 Å². The fourth-order valence-electron chi connectivity index (χ4n) is 2.77. The summed E-state index contributed by atoms with van der Waals surface area (Å²) in [4.78, 5) is 0. The number of aryl methyl sites for hydroxylation is 2. The van der Waals surface area contributed by atoms with Crippen LogP contribution in [0, 0.1) is 6.92 Å². The van der Waals surface area contributed by atoms with Gasteiger partial charge in [0, 0.05) is 38.6 Å². The number of hydrazone groups is 1. The average Bonchev–Trinajstić information content (AvgIpc) is 3.19. The van der Waals surface area contributed by atoms with Gasteiger partial charge in [-0.3, -0.25) is 5.01 Å². The number of hydrazine groups is 2. The molecule has 8 heteroatoms. The first-order valence-corrected chi connectivity index (χ1v) is 8.53. The van der Waals surface area contributed by atoms with Crippen LogP contribution in [-0.4, -0.2) is 47.4 Å². The van der Waals surface area contributed by atoms with E-state index >= 15 is 0 Å². The van der Waals surface area contributed by atoms with Crippen LogP contribution in [0.5, 0.6) is 5.75 Å². The lowest BCUT2D eigenvalue weighted by Crippen LogP contribution is -2.38. The fraction of sp³-hybridized carbons (Fsp3) is 0.389. The Bertz CT molecular complexity index is 814. The Morgan fingerprint density at radius 1 is 1.27 bits per heavy atom. The molecule has 1 aliphatic rings. The van der Waals surface area contributed by atoms with Gasteiger partial charge in [0.15, 0.2) is 5.84 Å². The van der Waals surface area contributed by atoms with E-state index in [2.05, 4.69) is 39.1 Å². The number of methoxy groups -OCH3 is 1. The molecule has 26 heavy (non-hydrogen) atoms. The summed E-state index contributed by atoms with van der Waals surface area (Å²) in [6.07, 6.45) is 6.86. The molecule has 1 N–H and O–H groups in total. The number of hydrogen-bond donors (Lipinski definition) is 1. The van der Waals surface area contributed by atoms with Crippen LogP contribution in [0.3, 0.4) is 0 Å². The van der Waals surface area contributed by atoms with Gasteiger partial charge >= 0.3 is 0 Å². The van der Waals surface area contributed by atoms with Crippen LogP contribution >= 0.6 is 0 Å². The summed E-state index contributed by atoms with van der Waals surface area (Å²) in [5, 5.41) is 15.9. The van der Waals surface area contributed by atoms with E-state index in [1.165, 1.54) is 0 Å². The molecule has 0 saturated heterocycles. The molecule has 1 aromatic carbocycles. The van der Waals surface area contributed by atoms with Crippen molar-refractivity contribution in [2.45, 2.75) is 26.2 Å². The van der Waals surface area contributed by atoms with Crippen molar-refractivity contribution in [3.8, 4) is 5.75 Å². The lowest BCUT2D eigenvalue weighted by molar-refractivity contribution is 0.166. The van der Waals surface area contributed by atoms with E-state index in [4.69, 9.17) is 9.15 Å². The van der Waals surface area contributed by atoms with Crippen LogP contribution in [0.25, 0.3) is 6.08 Å². The van der Waals surface area contributed by atoms with Crippen LogP contribution in [0.2, 0.25) is 0 Å². The van der Waals surface area contributed by atoms with E-state index in [1.807, 2.05) is 31.2 Å². The fourth-order valence-corrected chi connectivity index (χ4v) is 2.77. The smallest absolute Gasteiger partial charge is 0.216 e. The molecule has 0 amide bonds. The summed E-state index contributed by atoms with van der Waals surface area (Å²) in [5.74, 6) is 2.99. The number of amidine groups is 1. The van der Waals surface area contributed by atoms with Crippen LogP contribution in [-0.2, 0) is 6.42 Å². The van der Waals surface area contributed by atoms with Crippen molar-refractivity contribution < 1.29 is 9.15 Å². The summed E-state index contributed by atoms with van der Waals surface area (Å²) in [6.45, 7) is 1.80. The third kappa shape index (κ3) is 4.20. The first-order valence-electron chi connectivity index (χ1n) is 8.53. The number of hydrogen-bond acceptors (Lipinski definition) is 8. The first-order chi connectivity index (χ1) is 12.6. The molecule has 0 atom stereocenters. The molecular formula is C18H24N6O2. The largest absolute Gasteiger partial charge is 0.496 e. The van der Waals surface area contributed by atoms with Gasteiger partial charge in [-0.2, -0.15) is 0 Å². The molecule has 0 radical (unpaired) electrons. The van der Waals surface area contributed by atoms with Gasteiger partial charge in [-0.25, -0.2) is 5.12 Å². The average molecular weight is 356 g/mol. The van der Waals surface area contributed by atoms with E-state index in [0.717, 1.165) is 42.0 Å². The Kier molecular flexibility index (Phi) is 5.52. The van der Waals surface area contributed by atoms with Gasteiger partial charge in [-0.1, -0.05) is 12.2 Å². The summed E-state index contributed by atoms with van der Waals surface area (Å²) < 4.78 is 10.9. The van der Waals surface area contributed by atoms with Crippen molar-refractivity contribution >= 4 is 11.9 Å². The van der Waals surface area contributed by atoms with Crippen molar-refractivity contribution in [2.75, 3.05) is 21.2 Å². The molecule has 0 saturated carbocycles. The molecular weight excluding hydrogens is 332 g/mol. The number of ether oxygens (including phenoxy) is 1. The Labute approximate surface area is 153 Å². The number of aromatic nitrogens is 2. The number of rotatable bonds is 7. The zero-order valence-electron chi connectivity index (χ0n) is 15.6. The molecule has 1 aromatic heterocycles. The van der Waals surface area contributed by atoms with E-state index in [1.54, 1.807) is 19.2 Å². The SMILES string of the molecule is COc1ccc(C2=NN(C)NN2C)cc1/C=C/CCCc1nnc(C)o1. The van der Waals surface area contributed by atoms with Gasteiger partial charge in [0.25, 0.3) is 0 Å². The molecule has 0 bridgehead atoms. The Morgan fingerprint density at radius 3 is 2.77 bits per heavy atom. The van der Waals surface area contributed by atoms with Gasteiger partial charge < -0.3 is 9.15 Å². The minimum Gasteiger partial charge on any atom is -0.496 e. The highest BCUT2D eigenvalue weighted by Crippen LogP contribution is 2.23. The second kappa shape index (κ2) is 8.01. The highest BCUT2D eigenvalue weighted by Gasteiger charge is 2.18. The van der Waals surface area contributed by atoms with Gasteiger partial charge in [0.2, 0.25) is 11.8 Å². The van der Waals surface area contributed by atoms with Crippen molar-refractivity contribution in [1.29, 1.82) is 0 Å². The first kappa shape index (κ1) is 17.9. The van der Waals surface area contributed by atoms with Gasteiger partial charge in [0.05, 0.1) is 7.11 Å². The summed E-state index contributed by atoms with van der Waals surface area (Å²) in [7, 11) is 5.47. The third-order valence-corrected chi connectivity index (χ3v) is 3.97. The van der Waals surface area contributed by atoms with Crippen molar-refractivity contribution in [3.63, 3.8) is 0 Å². The van der Waals surface area contributed by atoms with Gasteiger partial charge in [-0.05, 0) is 31.0 Å². The Morgan fingerprint density at radius 2 is 2.12 bits per heavy atom. The topological polar surface area (TPSA) is 79.0 Å². The van der Waals surface area contributed by atoms with Crippen LogP contribution in [0.4, 0.5) is 0 Å². The maximum Gasteiger partial charge on any atom is 0.216 e. The predicted octanol–water partition coefficient (Wildman–Crippen LogP) is 2.38. The minimum absolute atomic E-state index is 0.608. The highest BCUT2D eigenvalue weighted by molar-refractivity contribution is 5.99. The quantitative estimate of drug-likeness (QED) is 0.763. The van der Waals surface area contributed by atoms with Crippen molar-refractivity contribution in [1.82, 2.24) is 25.9 Å². The highest BCUT2D eigenvalue weighted by atomic mass is 16.5. The second-order valence-corrected chi connectivity index (χ2v) is 6.07. The maximum absolute atomic E-state index is 5.48. The molecule has 138 valence electrons. The number of unbranched alkanes of at least 4 members (excludes halogenated alkanes) is 1. The molecule has 1 aliphatic heterocycles. The molecule has 2 heterocycles. The normalized spacial score (nSPS) is 14.4. The minimum atomic E-state index is 0.608. The standard InChI is InChI=1S/C18H24N6O2/c1-13-19-20-17(26-13)9-7-5-6-8-14-12-15(10-11-16(14)25-4)18-21-24(3)22-23(18)2/h6,8,10-12,22H,5,7,9H2,1-4H3/b8-6+. The van der Waals surface area contributed by atoms with Crippen molar-refractivity contribution in [2.24, 2.45) is 5.10 Å². The molecule has 0 unspecified atom stereocenters. The molecule has 0 aliphatic carbocycles. The van der Waals surface area contributed by atoms with E-state index in [0.29, 0.717) is 11.8 Å². The lowest BCUT2D eigenvalue weighted by atomic mass is 10.1. The third-order valence-electron chi connectivity index (χ3n) is 3.97. The Balaban J connectivity index is 1.65. The zero-order valence-corrected chi connectivity index (χ0v) is 15.6. The summed E-state index contributed by atoms with van der Waals surface area (Å²) >= 11 is 0. The van der Waals surface area contributed by atoms with Crippen LogP contribution in [0.15, 0.2) is 33.8 Å². The number of allylic oxidation sites excluding steroid dienone is 1. The lowest BCUT2D eigenvalue weighted by Gasteiger charge is -2.15. The number of nitrogens with one attached hydrogen (secondary N) is 1. The van der Waals surface area contributed by atoms with Gasteiger partial charge in [-0.15, -0.1) is 20.8 Å². The van der Waals surface area contributed by atoms with E-state index in [-0.39, 0.29) is 0 Å².